The van der Waals surface area contributed by atoms with Crippen LogP contribution >= 0.6 is 11.6 Å². The second kappa shape index (κ2) is 6.99. The van der Waals surface area contributed by atoms with Gasteiger partial charge < -0.3 is 9.64 Å². The summed E-state index contributed by atoms with van der Waals surface area (Å²) in [7, 11) is 2.13. The summed E-state index contributed by atoms with van der Waals surface area (Å²) in [5, 5.41) is 0.730. The number of carbonyl (C=O) groups excluding carboxylic acids is 1. The highest BCUT2D eigenvalue weighted by Gasteiger charge is 2.32. The fraction of sp³-hybridized carbons (Fsp3) is 0.588. The fourth-order valence-electron chi connectivity index (χ4n) is 3.36. The number of halogens is 1. The van der Waals surface area contributed by atoms with Crippen LogP contribution in [0.4, 0.5) is 0 Å². The Morgan fingerprint density at radius 1 is 1.32 bits per heavy atom. The van der Waals surface area contributed by atoms with Gasteiger partial charge in [0.15, 0.2) is 0 Å². The number of nitrogens with zero attached hydrogens (tertiary/aromatic N) is 2. The van der Waals surface area contributed by atoms with Crippen LogP contribution in [0.25, 0.3) is 0 Å². The number of rotatable bonds is 3. The molecule has 4 nitrogen and oxygen atoms in total. The molecule has 22 heavy (non-hydrogen) atoms. The maximum absolute atomic E-state index is 12.6. The van der Waals surface area contributed by atoms with Crippen LogP contribution in [0.15, 0.2) is 24.3 Å². The van der Waals surface area contributed by atoms with Crippen molar-refractivity contribution in [2.75, 3.05) is 39.9 Å². The van der Waals surface area contributed by atoms with Crippen LogP contribution in [-0.2, 0) is 16.0 Å². The summed E-state index contributed by atoms with van der Waals surface area (Å²) in [4.78, 5) is 16.9. The van der Waals surface area contributed by atoms with E-state index in [0.29, 0.717) is 18.4 Å². The largest absolute Gasteiger partial charge is 0.379 e. The Morgan fingerprint density at radius 3 is 3.00 bits per heavy atom. The zero-order chi connectivity index (χ0) is 15.5. The lowest BCUT2D eigenvalue weighted by Gasteiger charge is -2.29. The van der Waals surface area contributed by atoms with Gasteiger partial charge in [-0.1, -0.05) is 23.7 Å². The van der Waals surface area contributed by atoms with Crippen molar-refractivity contribution in [1.82, 2.24) is 9.80 Å². The Bertz CT molecular complexity index is 537. The number of benzene rings is 1. The summed E-state index contributed by atoms with van der Waals surface area (Å²) in [6.07, 6.45) is 1.29. The average Bonchev–Trinajstić information content (AvgIpc) is 2.73. The second-order valence-corrected chi connectivity index (χ2v) is 6.86. The summed E-state index contributed by atoms with van der Waals surface area (Å²) < 4.78 is 5.71. The molecule has 0 saturated carbocycles. The van der Waals surface area contributed by atoms with Crippen LogP contribution < -0.4 is 0 Å². The minimum atomic E-state index is 0.243. The molecule has 2 bridgehead atoms. The van der Waals surface area contributed by atoms with Gasteiger partial charge >= 0.3 is 0 Å². The zero-order valence-electron chi connectivity index (χ0n) is 13.0. The van der Waals surface area contributed by atoms with Gasteiger partial charge in [-0.2, -0.15) is 0 Å². The number of likely N-dealkylation sites (N-methyl/N-ethyl adjacent to an activating group) is 1. The van der Waals surface area contributed by atoms with Crippen molar-refractivity contribution in [1.29, 1.82) is 0 Å². The van der Waals surface area contributed by atoms with Crippen molar-refractivity contribution in [3.05, 3.63) is 34.9 Å². The SMILES string of the molecule is CN1C[C@H]2COC[C@@H]1CN(C(=O)CCc1cccc(Cl)c1)C2. The molecule has 120 valence electrons. The number of amides is 1. The molecular formula is C17H23ClN2O2. The van der Waals surface area contributed by atoms with Crippen LogP contribution in [0.5, 0.6) is 0 Å². The Kier molecular flexibility index (Phi) is 5.01. The van der Waals surface area contributed by atoms with E-state index in [1.807, 2.05) is 29.2 Å². The number of carbonyl (C=O) groups is 1. The Morgan fingerprint density at radius 2 is 2.18 bits per heavy atom. The maximum Gasteiger partial charge on any atom is 0.222 e. The first-order valence-corrected chi connectivity index (χ1v) is 8.30. The summed E-state index contributed by atoms with van der Waals surface area (Å²) in [5.74, 6) is 0.666. The third kappa shape index (κ3) is 3.80. The molecule has 1 aromatic carbocycles. The van der Waals surface area contributed by atoms with Gasteiger partial charge in [0.2, 0.25) is 5.91 Å². The lowest BCUT2D eigenvalue weighted by atomic mass is 10.1. The number of fused-ring (bicyclic) bond motifs is 3. The molecule has 2 atom stereocenters. The predicted octanol–water partition coefficient (Wildman–Crippen LogP) is 2.06. The van der Waals surface area contributed by atoms with Gasteiger partial charge in [-0.25, -0.2) is 0 Å². The van der Waals surface area contributed by atoms with E-state index >= 15 is 0 Å². The van der Waals surface area contributed by atoms with E-state index in [2.05, 4.69) is 11.9 Å². The van der Waals surface area contributed by atoms with E-state index < -0.39 is 0 Å². The van der Waals surface area contributed by atoms with Gasteiger partial charge in [0, 0.05) is 37.0 Å². The highest BCUT2D eigenvalue weighted by molar-refractivity contribution is 6.30. The topological polar surface area (TPSA) is 32.8 Å². The molecule has 2 fully saturated rings. The van der Waals surface area contributed by atoms with Gasteiger partial charge in [-0.05, 0) is 31.2 Å². The quantitative estimate of drug-likeness (QED) is 0.854. The number of ether oxygens (including phenoxy) is 1. The van der Waals surface area contributed by atoms with E-state index in [1.165, 1.54) is 0 Å². The first kappa shape index (κ1) is 15.8. The van der Waals surface area contributed by atoms with E-state index in [4.69, 9.17) is 16.3 Å². The average molecular weight is 323 g/mol. The van der Waals surface area contributed by atoms with Gasteiger partial charge in [0.05, 0.1) is 19.3 Å². The molecule has 1 aromatic rings. The van der Waals surface area contributed by atoms with Crippen molar-refractivity contribution in [2.24, 2.45) is 5.92 Å². The molecule has 0 unspecified atom stereocenters. The maximum atomic E-state index is 12.6. The summed E-state index contributed by atoms with van der Waals surface area (Å²) >= 11 is 6.00. The molecule has 0 radical (unpaired) electrons. The van der Waals surface area contributed by atoms with Crippen molar-refractivity contribution >= 4 is 17.5 Å². The summed E-state index contributed by atoms with van der Waals surface area (Å²) in [6, 6.07) is 8.08. The zero-order valence-corrected chi connectivity index (χ0v) is 13.8. The van der Waals surface area contributed by atoms with Crippen molar-refractivity contribution in [2.45, 2.75) is 18.9 Å². The van der Waals surface area contributed by atoms with E-state index in [1.54, 1.807) is 0 Å². The second-order valence-electron chi connectivity index (χ2n) is 6.43. The number of hydrogen-bond donors (Lipinski definition) is 0. The van der Waals surface area contributed by atoms with Crippen LogP contribution in [-0.4, -0.2) is 61.6 Å². The molecule has 2 aliphatic heterocycles. The molecule has 3 rings (SSSR count). The monoisotopic (exact) mass is 322 g/mol. The first-order chi connectivity index (χ1) is 10.6. The van der Waals surface area contributed by atoms with Gasteiger partial charge in [-0.15, -0.1) is 0 Å². The van der Waals surface area contributed by atoms with Crippen LogP contribution in [0.3, 0.4) is 0 Å². The predicted molar refractivity (Wildman–Crippen MR) is 87.1 cm³/mol. The van der Waals surface area contributed by atoms with Crippen molar-refractivity contribution in [3.63, 3.8) is 0 Å². The minimum Gasteiger partial charge on any atom is -0.379 e. The third-order valence-corrected chi connectivity index (χ3v) is 4.85. The lowest BCUT2D eigenvalue weighted by molar-refractivity contribution is -0.133. The van der Waals surface area contributed by atoms with E-state index in [-0.39, 0.29) is 5.91 Å². The highest BCUT2D eigenvalue weighted by atomic mass is 35.5. The lowest BCUT2D eigenvalue weighted by Crippen LogP contribution is -2.44. The van der Waals surface area contributed by atoms with Gasteiger partial charge in [-0.3, -0.25) is 9.69 Å². The van der Waals surface area contributed by atoms with Gasteiger partial charge in [0.1, 0.15) is 0 Å². The van der Waals surface area contributed by atoms with Crippen LogP contribution in [0.1, 0.15) is 12.0 Å². The Hall–Kier alpha value is -1.10. The standard InChI is InChI=1S/C17H23ClN2O2/c1-19-8-14-9-20(10-16(19)12-22-11-14)17(21)6-5-13-3-2-4-15(18)7-13/h2-4,7,14,16H,5-6,8-12H2,1H3/t14-,16+/m1/s1. The highest BCUT2D eigenvalue weighted by Crippen LogP contribution is 2.19. The van der Waals surface area contributed by atoms with E-state index in [9.17, 15) is 4.79 Å². The molecule has 2 saturated heterocycles. The molecule has 1 amide bonds. The first-order valence-electron chi connectivity index (χ1n) is 7.92. The molecule has 0 N–H and O–H groups in total. The van der Waals surface area contributed by atoms with Crippen molar-refractivity contribution in [3.8, 4) is 0 Å². The molecular weight excluding hydrogens is 300 g/mol. The Labute approximate surface area is 137 Å². The smallest absolute Gasteiger partial charge is 0.222 e. The van der Waals surface area contributed by atoms with Crippen LogP contribution in [0.2, 0.25) is 5.02 Å². The molecule has 2 aliphatic rings. The van der Waals surface area contributed by atoms with E-state index in [0.717, 1.165) is 49.9 Å². The van der Waals surface area contributed by atoms with Crippen LogP contribution in [0, 0.1) is 5.92 Å². The molecule has 0 aromatic heterocycles. The Balaban J connectivity index is 1.60. The third-order valence-electron chi connectivity index (χ3n) is 4.61. The summed E-state index contributed by atoms with van der Waals surface area (Å²) in [5.41, 5.74) is 1.12. The number of aryl methyl sites for hydroxylation is 1. The normalized spacial score (nSPS) is 25.8. The number of hydrogen-bond acceptors (Lipinski definition) is 3. The minimum absolute atomic E-state index is 0.243. The van der Waals surface area contributed by atoms with Crippen molar-refractivity contribution < 1.29 is 9.53 Å². The molecule has 0 spiro atoms. The van der Waals surface area contributed by atoms with Gasteiger partial charge in [0.25, 0.3) is 0 Å². The molecule has 0 aliphatic carbocycles. The summed E-state index contributed by atoms with van der Waals surface area (Å²) in [6.45, 7) is 4.10. The fourth-order valence-corrected chi connectivity index (χ4v) is 3.57. The molecule has 5 heteroatoms. The molecule has 2 heterocycles.